The van der Waals surface area contributed by atoms with Crippen LogP contribution in [0.5, 0.6) is 0 Å². The first-order valence-electron chi connectivity index (χ1n) is 7.62. The lowest BCUT2D eigenvalue weighted by molar-refractivity contribution is -0.120. The van der Waals surface area contributed by atoms with E-state index in [9.17, 15) is 9.59 Å². The Labute approximate surface area is 151 Å². The third kappa shape index (κ3) is 4.98. The van der Waals surface area contributed by atoms with Crippen LogP contribution < -0.4 is 10.6 Å². The molecule has 0 saturated carbocycles. The molecule has 0 unspecified atom stereocenters. The first-order valence-corrected chi connectivity index (χ1v) is 8.38. The molecule has 24 heavy (non-hydrogen) atoms. The van der Waals surface area contributed by atoms with Crippen LogP contribution in [0.4, 0.5) is 5.69 Å². The highest BCUT2D eigenvalue weighted by atomic mass is 35.5. The third-order valence-electron chi connectivity index (χ3n) is 3.35. The molecule has 2 amide bonds. The largest absolute Gasteiger partial charge is 0.356 e. The van der Waals surface area contributed by atoms with Gasteiger partial charge in [0, 0.05) is 12.1 Å². The Hall–Kier alpha value is -2.04. The van der Waals surface area contributed by atoms with Crippen LogP contribution in [0.2, 0.25) is 10.0 Å². The SMILES string of the molecule is CCCNC(=O)Cc1ccc(C(=O)Nc2cccc(Cl)c2Cl)cc1. The number of halogens is 2. The van der Waals surface area contributed by atoms with Crippen LogP contribution in [-0.2, 0) is 11.2 Å². The summed E-state index contributed by atoms with van der Waals surface area (Å²) in [6.45, 7) is 2.67. The third-order valence-corrected chi connectivity index (χ3v) is 4.17. The number of nitrogens with one attached hydrogen (secondary N) is 2. The molecule has 2 aromatic carbocycles. The fraction of sp³-hybridized carbons (Fsp3) is 0.222. The van der Waals surface area contributed by atoms with E-state index in [4.69, 9.17) is 23.2 Å². The molecule has 0 heterocycles. The quantitative estimate of drug-likeness (QED) is 0.801. The van der Waals surface area contributed by atoms with Crippen molar-refractivity contribution in [1.82, 2.24) is 5.32 Å². The van der Waals surface area contributed by atoms with E-state index in [1.165, 1.54) is 0 Å². The van der Waals surface area contributed by atoms with Gasteiger partial charge >= 0.3 is 0 Å². The van der Waals surface area contributed by atoms with Crippen LogP contribution in [0.3, 0.4) is 0 Å². The van der Waals surface area contributed by atoms with Crippen LogP contribution >= 0.6 is 23.2 Å². The van der Waals surface area contributed by atoms with E-state index in [0.717, 1.165) is 12.0 Å². The first kappa shape index (κ1) is 18.3. The molecule has 0 aliphatic heterocycles. The average molecular weight is 365 g/mol. The van der Waals surface area contributed by atoms with Crippen LogP contribution in [0.25, 0.3) is 0 Å². The summed E-state index contributed by atoms with van der Waals surface area (Å²) in [4.78, 5) is 23.9. The zero-order chi connectivity index (χ0) is 17.5. The number of anilines is 1. The van der Waals surface area contributed by atoms with Crippen molar-refractivity contribution in [2.24, 2.45) is 0 Å². The van der Waals surface area contributed by atoms with E-state index >= 15 is 0 Å². The summed E-state index contributed by atoms with van der Waals surface area (Å²) < 4.78 is 0. The van der Waals surface area contributed by atoms with Gasteiger partial charge in [-0.3, -0.25) is 9.59 Å². The van der Waals surface area contributed by atoms with Crippen molar-refractivity contribution in [2.75, 3.05) is 11.9 Å². The van der Waals surface area contributed by atoms with Crippen LogP contribution in [0.1, 0.15) is 29.3 Å². The van der Waals surface area contributed by atoms with E-state index in [0.29, 0.717) is 34.3 Å². The Morgan fingerprint density at radius 1 is 1.04 bits per heavy atom. The van der Waals surface area contributed by atoms with Gasteiger partial charge in [0.25, 0.3) is 5.91 Å². The Kier molecular flexibility index (Phi) is 6.64. The molecule has 0 fully saturated rings. The van der Waals surface area contributed by atoms with E-state index in [1.807, 2.05) is 6.92 Å². The Bertz CT molecular complexity index is 730. The van der Waals surface area contributed by atoms with Crippen molar-refractivity contribution in [3.63, 3.8) is 0 Å². The molecule has 2 rings (SSSR count). The standard InChI is InChI=1S/C18H18Cl2N2O2/c1-2-10-21-16(23)11-12-6-8-13(9-7-12)18(24)22-15-5-3-4-14(19)17(15)20/h3-9H,2,10-11H2,1H3,(H,21,23)(H,22,24). The van der Waals surface area contributed by atoms with E-state index in [2.05, 4.69) is 10.6 Å². The molecular weight excluding hydrogens is 347 g/mol. The summed E-state index contributed by atoms with van der Waals surface area (Å²) in [6, 6.07) is 11.9. The second kappa shape index (κ2) is 8.71. The molecule has 2 N–H and O–H groups in total. The molecule has 2 aromatic rings. The predicted octanol–water partition coefficient (Wildman–Crippen LogP) is 4.31. The lowest BCUT2D eigenvalue weighted by Gasteiger charge is -2.09. The van der Waals surface area contributed by atoms with E-state index in [1.54, 1.807) is 42.5 Å². The van der Waals surface area contributed by atoms with Crippen LogP contribution in [-0.4, -0.2) is 18.4 Å². The highest BCUT2D eigenvalue weighted by Crippen LogP contribution is 2.29. The molecule has 0 aromatic heterocycles. The number of hydrogen-bond donors (Lipinski definition) is 2. The zero-order valence-electron chi connectivity index (χ0n) is 13.2. The summed E-state index contributed by atoms with van der Waals surface area (Å²) >= 11 is 12.0. The number of benzene rings is 2. The van der Waals surface area contributed by atoms with Gasteiger partial charge in [-0.15, -0.1) is 0 Å². The summed E-state index contributed by atoms with van der Waals surface area (Å²) in [5.41, 5.74) is 1.78. The van der Waals surface area contributed by atoms with Crippen molar-refractivity contribution in [3.8, 4) is 0 Å². The van der Waals surface area contributed by atoms with Gasteiger partial charge in [0.1, 0.15) is 0 Å². The van der Waals surface area contributed by atoms with Gasteiger partial charge in [0.05, 0.1) is 22.2 Å². The van der Waals surface area contributed by atoms with Crippen molar-refractivity contribution in [1.29, 1.82) is 0 Å². The first-order chi connectivity index (χ1) is 11.5. The molecule has 0 aliphatic carbocycles. The number of carbonyl (C=O) groups excluding carboxylic acids is 2. The second-order valence-corrected chi connectivity index (χ2v) is 6.06. The molecule has 126 valence electrons. The van der Waals surface area contributed by atoms with Crippen molar-refractivity contribution in [3.05, 3.63) is 63.6 Å². The number of hydrogen-bond acceptors (Lipinski definition) is 2. The maximum absolute atomic E-state index is 12.3. The topological polar surface area (TPSA) is 58.2 Å². The molecule has 0 radical (unpaired) electrons. The molecule has 0 aliphatic rings. The summed E-state index contributed by atoms with van der Waals surface area (Å²) in [6.07, 6.45) is 1.19. The minimum atomic E-state index is -0.291. The number of rotatable bonds is 6. The molecule has 0 bridgehead atoms. The molecular formula is C18H18Cl2N2O2. The Balaban J connectivity index is 2.01. The minimum absolute atomic E-state index is 0.0280. The maximum Gasteiger partial charge on any atom is 0.255 e. The lowest BCUT2D eigenvalue weighted by Crippen LogP contribution is -2.25. The Morgan fingerprint density at radius 3 is 2.42 bits per heavy atom. The molecule has 6 heteroatoms. The van der Waals surface area contributed by atoms with E-state index < -0.39 is 0 Å². The summed E-state index contributed by atoms with van der Waals surface area (Å²) in [7, 11) is 0. The maximum atomic E-state index is 12.3. The van der Waals surface area contributed by atoms with Crippen molar-refractivity contribution >= 4 is 40.7 Å². The van der Waals surface area contributed by atoms with Gasteiger partial charge in [-0.25, -0.2) is 0 Å². The highest BCUT2D eigenvalue weighted by Gasteiger charge is 2.11. The molecule has 0 spiro atoms. The predicted molar refractivity (Wildman–Crippen MR) is 97.9 cm³/mol. The zero-order valence-corrected chi connectivity index (χ0v) is 14.7. The molecule has 0 saturated heterocycles. The Morgan fingerprint density at radius 2 is 1.75 bits per heavy atom. The summed E-state index contributed by atoms with van der Waals surface area (Å²) in [5, 5.41) is 6.22. The molecule has 4 nitrogen and oxygen atoms in total. The smallest absolute Gasteiger partial charge is 0.255 e. The normalized spacial score (nSPS) is 10.3. The van der Waals surface area contributed by atoms with Gasteiger partial charge in [0.15, 0.2) is 0 Å². The average Bonchev–Trinajstić information content (AvgIpc) is 2.57. The van der Waals surface area contributed by atoms with Gasteiger partial charge in [-0.1, -0.05) is 48.3 Å². The van der Waals surface area contributed by atoms with Gasteiger partial charge < -0.3 is 10.6 Å². The number of carbonyl (C=O) groups is 2. The molecule has 0 atom stereocenters. The van der Waals surface area contributed by atoms with Crippen LogP contribution in [0, 0.1) is 0 Å². The van der Waals surface area contributed by atoms with Crippen LogP contribution in [0.15, 0.2) is 42.5 Å². The summed E-state index contributed by atoms with van der Waals surface area (Å²) in [5.74, 6) is -0.319. The highest BCUT2D eigenvalue weighted by molar-refractivity contribution is 6.44. The second-order valence-electron chi connectivity index (χ2n) is 5.28. The van der Waals surface area contributed by atoms with Gasteiger partial charge in [-0.05, 0) is 36.2 Å². The van der Waals surface area contributed by atoms with E-state index in [-0.39, 0.29) is 11.8 Å². The lowest BCUT2D eigenvalue weighted by atomic mass is 10.1. The van der Waals surface area contributed by atoms with Crippen molar-refractivity contribution in [2.45, 2.75) is 19.8 Å². The van der Waals surface area contributed by atoms with Crippen molar-refractivity contribution < 1.29 is 9.59 Å². The van der Waals surface area contributed by atoms with Gasteiger partial charge in [0.2, 0.25) is 5.91 Å². The van der Waals surface area contributed by atoms with Gasteiger partial charge in [-0.2, -0.15) is 0 Å². The monoisotopic (exact) mass is 364 g/mol. The minimum Gasteiger partial charge on any atom is -0.356 e. The fourth-order valence-corrected chi connectivity index (χ4v) is 2.43. The number of amides is 2. The fourth-order valence-electron chi connectivity index (χ4n) is 2.08.